The Morgan fingerprint density at radius 2 is 1.60 bits per heavy atom. The summed E-state index contributed by atoms with van der Waals surface area (Å²) >= 11 is 1.40. The van der Waals surface area contributed by atoms with Crippen molar-refractivity contribution in [3.63, 3.8) is 0 Å². The average molecular weight is 668 g/mol. The Kier molecular flexibility index (Phi) is 10.4. The zero-order valence-electron chi connectivity index (χ0n) is 27.0. The zero-order valence-corrected chi connectivity index (χ0v) is 28.6. The van der Waals surface area contributed by atoms with Gasteiger partial charge in [0, 0.05) is 43.5 Å². The predicted octanol–water partition coefficient (Wildman–Crippen LogP) is 7.28. The van der Waals surface area contributed by atoms with Crippen LogP contribution in [0.3, 0.4) is 0 Å². The van der Waals surface area contributed by atoms with Gasteiger partial charge < -0.3 is 4.90 Å². The predicted molar refractivity (Wildman–Crippen MR) is 191 cm³/mol. The van der Waals surface area contributed by atoms with Gasteiger partial charge in [0.25, 0.3) is 5.91 Å². The first-order valence-corrected chi connectivity index (χ1v) is 18.7. The second kappa shape index (κ2) is 14.8. The molecule has 6 rings (SSSR count). The van der Waals surface area contributed by atoms with Crippen molar-refractivity contribution in [2.24, 2.45) is 10.9 Å². The van der Waals surface area contributed by atoms with Crippen LogP contribution in [-0.2, 0) is 21.2 Å². The molecule has 0 aliphatic carbocycles. The molecule has 10 heteroatoms. The van der Waals surface area contributed by atoms with Gasteiger partial charge >= 0.3 is 0 Å². The van der Waals surface area contributed by atoms with E-state index >= 15 is 0 Å². The minimum absolute atomic E-state index is 0.234. The fraction of sp³-hybridized carbons (Fsp3) is 0.324. The van der Waals surface area contributed by atoms with Crippen LogP contribution in [-0.4, -0.2) is 64.7 Å². The molecule has 1 aromatic heterocycles. The smallest absolute Gasteiger partial charge is 0.286 e. The van der Waals surface area contributed by atoms with E-state index in [0.29, 0.717) is 35.2 Å². The largest absolute Gasteiger partial charge is 0.351 e. The van der Waals surface area contributed by atoms with Crippen LogP contribution in [0.25, 0.3) is 23.0 Å². The number of aromatic nitrogens is 2. The Morgan fingerprint density at radius 3 is 2.28 bits per heavy atom. The van der Waals surface area contributed by atoms with E-state index in [4.69, 9.17) is 5.10 Å². The average Bonchev–Trinajstić information content (AvgIpc) is 3.69. The lowest BCUT2D eigenvalue weighted by Gasteiger charge is -2.32. The number of carbonyl (C=O) groups excluding carboxylic acids is 1. The number of carbonyl (C=O) groups is 1. The summed E-state index contributed by atoms with van der Waals surface area (Å²) in [6, 6.07) is 27.3. The van der Waals surface area contributed by atoms with E-state index in [9.17, 15) is 13.2 Å². The topological polar surface area (TPSA) is 87.9 Å². The quantitative estimate of drug-likeness (QED) is 0.156. The van der Waals surface area contributed by atoms with E-state index in [1.165, 1.54) is 17.3 Å². The number of para-hydroxylation sites is 1. The third kappa shape index (κ3) is 7.61. The molecule has 1 saturated heterocycles. The second-order valence-electron chi connectivity index (χ2n) is 12.1. The van der Waals surface area contributed by atoms with Crippen LogP contribution in [0.5, 0.6) is 0 Å². The molecule has 8 nitrogen and oxygen atoms in total. The number of amidine groups is 1. The Hall–Kier alpha value is -3.99. The number of likely N-dealkylation sites (tertiary alicyclic amines) is 1. The van der Waals surface area contributed by atoms with E-state index < -0.39 is 10.0 Å². The summed E-state index contributed by atoms with van der Waals surface area (Å²) in [5.74, 6) is 0.356. The number of benzene rings is 3. The van der Waals surface area contributed by atoms with Gasteiger partial charge in [-0.3, -0.25) is 4.79 Å². The first kappa shape index (κ1) is 32.9. The Bertz CT molecular complexity index is 1860. The van der Waals surface area contributed by atoms with Crippen LogP contribution in [0.2, 0.25) is 0 Å². The number of amides is 1. The van der Waals surface area contributed by atoms with Gasteiger partial charge in [0.2, 0.25) is 10.0 Å². The van der Waals surface area contributed by atoms with Gasteiger partial charge in [-0.2, -0.15) is 14.4 Å². The molecule has 0 saturated carbocycles. The van der Waals surface area contributed by atoms with Crippen molar-refractivity contribution in [1.82, 2.24) is 19.0 Å². The summed E-state index contributed by atoms with van der Waals surface area (Å²) in [6.07, 6.45) is 8.39. The number of aliphatic imine (C=N–C) groups is 1. The van der Waals surface area contributed by atoms with Gasteiger partial charge in [0.1, 0.15) is 5.69 Å². The number of piperidine rings is 1. The molecule has 1 fully saturated rings. The van der Waals surface area contributed by atoms with E-state index in [2.05, 4.69) is 40.2 Å². The highest BCUT2D eigenvalue weighted by atomic mass is 32.2. The third-order valence-corrected chi connectivity index (χ3v) is 11.5. The van der Waals surface area contributed by atoms with E-state index in [1.54, 1.807) is 27.2 Å². The zero-order chi connectivity index (χ0) is 32.8. The maximum atomic E-state index is 13.6. The normalized spacial score (nSPS) is 16.7. The monoisotopic (exact) mass is 667 g/mol. The Labute approximate surface area is 282 Å². The first-order chi connectivity index (χ1) is 22.9. The maximum Gasteiger partial charge on any atom is 0.286 e. The molecule has 0 atom stereocenters. The van der Waals surface area contributed by atoms with Crippen molar-refractivity contribution in [3.05, 3.63) is 107 Å². The van der Waals surface area contributed by atoms with Crippen LogP contribution in [0.4, 0.5) is 0 Å². The fourth-order valence-electron chi connectivity index (χ4n) is 6.18. The number of hydrogen-bond donors (Lipinski definition) is 0. The van der Waals surface area contributed by atoms with Gasteiger partial charge in [0.05, 0.1) is 15.5 Å². The lowest BCUT2D eigenvalue weighted by Crippen LogP contribution is -2.37. The SMILES string of the molecule is CCCN(CCC)S(=O)(=O)c1cccc(-c2nn(-c3ccccc3)cc2/C=C2\SC(N3CCC(Cc4ccccc4)CC3)=NC2=O)c1. The number of sulfonamides is 1. The maximum absolute atomic E-state index is 13.6. The van der Waals surface area contributed by atoms with Crippen LogP contribution < -0.4 is 0 Å². The number of rotatable bonds is 11. The number of nitrogens with zero attached hydrogens (tertiary/aromatic N) is 5. The second-order valence-corrected chi connectivity index (χ2v) is 15.0. The fourth-order valence-corrected chi connectivity index (χ4v) is 8.81. The van der Waals surface area contributed by atoms with E-state index in [1.807, 2.05) is 62.5 Å². The highest BCUT2D eigenvalue weighted by Gasteiger charge is 2.30. The van der Waals surface area contributed by atoms with Crippen molar-refractivity contribution >= 4 is 38.9 Å². The minimum atomic E-state index is -3.69. The molecule has 3 aromatic carbocycles. The summed E-state index contributed by atoms with van der Waals surface area (Å²) in [7, 11) is -3.69. The standard InChI is InChI=1S/C37H41N5O3S2/c1-3-20-41(21-4-2)47(44,45)33-17-11-14-30(25-33)35-31(27-42(39-35)32-15-9-6-10-16-32)26-34-36(43)38-37(46-34)40-22-18-29(19-23-40)24-28-12-7-5-8-13-28/h5-17,25-27,29H,3-4,18-24H2,1-2H3/b34-26-. The molecule has 3 heterocycles. The Balaban J connectivity index is 1.26. The van der Waals surface area contributed by atoms with Crippen molar-refractivity contribution < 1.29 is 13.2 Å². The van der Waals surface area contributed by atoms with Crippen molar-refractivity contribution in [1.29, 1.82) is 0 Å². The number of thioether (sulfide) groups is 1. The molecule has 1 amide bonds. The van der Waals surface area contributed by atoms with Crippen LogP contribution >= 0.6 is 11.8 Å². The van der Waals surface area contributed by atoms with E-state index in [-0.39, 0.29) is 10.8 Å². The summed E-state index contributed by atoms with van der Waals surface area (Å²) in [5.41, 5.74) is 4.21. The molecule has 244 valence electrons. The molecule has 0 bridgehead atoms. The molecule has 2 aliphatic rings. The lowest BCUT2D eigenvalue weighted by molar-refractivity contribution is -0.113. The summed E-state index contributed by atoms with van der Waals surface area (Å²) in [6.45, 7) is 6.64. The van der Waals surface area contributed by atoms with Crippen molar-refractivity contribution in [2.75, 3.05) is 26.2 Å². The van der Waals surface area contributed by atoms with Gasteiger partial charge in [0.15, 0.2) is 5.17 Å². The summed E-state index contributed by atoms with van der Waals surface area (Å²) < 4.78 is 30.6. The summed E-state index contributed by atoms with van der Waals surface area (Å²) in [5, 5.41) is 5.65. The summed E-state index contributed by atoms with van der Waals surface area (Å²) in [4.78, 5) is 20.7. The molecular formula is C37H41N5O3S2. The minimum Gasteiger partial charge on any atom is -0.351 e. The molecule has 0 unspecified atom stereocenters. The lowest BCUT2D eigenvalue weighted by atomic mass is 9.90. The molecule has 47 heavy (non-hydrogen) atoms. The highest BCUT2D eigenvalue weighted by Crippen LogP contribution is 2.35. The highest BCUT2D eigenvalue weighted by molar-refractivity contribution is 8.18. The van der Waals surface area contributed by atoms with E-state index in [0.717, 1.165) is 61.6 Å². The molecule has 0 radical (unpaired) electrons. The Morgan fingerprint density at radius 1 is 0.915 bits per heavy atom. The van der Waals surface area contributed by atoms with Gasteiger partial charge in [-0.05, 0) is 85.7 Å². The third-order valence-electron chi connectivity index (χ3n) is 8.60. The molecule has 0 N–H and O–H groups in total. The van der Waals surface area contributed by atoms with Crippen molar-refractivity contribution in [3.8, 4) is 16.9 Å². The van der Waals surface area contributed by atoms with Crippen LogP contribution in [0.1, 0.15) is 50.7 Å². The van der Waals surface area contributed by atoms with Gasteiger partial charge in [-0.25, -0.2) is 13.1 Å². The molecular weight excluding hydrogens is 627 g/mol. The van der Waals surface area contributed by atoms with Crippen LogP contribution in [0.15, 0.2) is 106 Å². The van der Waals surface area contributed by atoms with Crippen LogP contribution in [0, 0.1) is 5.92 Å². The molecule has 0 spiro atoms. The first-order valence-electron chi connectivity index (χ1n) is 16.4. The van der Waals surface area contributed by atoms with Crippen molar-refractivity contribution in [2.45, 2.75) is 50.8 Å². The number of hydrogen-bond acceptors (Lipinski definition) is 6. The van der Waals surface area contributed by atoms with Gasteiger partial charge in [-0.15, -0.1) is 0 Å². The molecule has 2 aliphatic heterocycles. The molecule has 4 aromatic rings. The van der Waals surface area contributed by atoms with Gasteiger partial charge in [-0.1, -0.05) is 74.5 Å².